The van der Waals surface area contributed by atoms with Crippen molar-refractivity contribution in [2.75, 3.05) is 25.0 Å². The average molecular weight is 488 g/mol. The SMILES string of the molecule is Cc1ccc(-c2nc(CC(=O)N3CCN(C(=O)Nc4ccc(Cl)c(Cl)c4)C(C)C3)no2)cc1. The fraction of sp³-hybridized carbons (Fsp3) is 0.304. The molecule has 1 saturated heterocycles. The van der Waals surface area contributed by atoms with Crippen molar-refractivity contribution in [1.82, 2.24) is 19.9 Å². The van der Waals surface area contributed by atoms with Crippen LogP contribution in [-0.2, 0) is 11.2 Å². The monoisotopic (exact) mass is 487 g/mol. The van der Waals surface area contributed by atoms with E-state index in [1.54, 1.807) is 28.0 Å². The number of rotatable bonds is 4. The Morgan fingerprint density at radius 3 is 2.58 bits per heavy atom. The van der Waals surface area contributed by atoms with E-state index in [0.29, 0.717) is 47.1 Å². The number of hydrogen-bond donors (Lipinski definition) is 1. The number of carbonyl (C=O) groups excluding carboxylic acids is 2. The first kappa shape index (κ1) is 23.1. The summed E-state index contributed by atoms with van der Waals surface area (Å²) in [4.78, 5) is 33.3. The third kappa shape index (κ3) is 5.46. The first-order chi connectivity index (χ1) is 15.8. The lowest BCUT2D eigenvalue weighted by atomic mass is 10.1. The zero-order chi connectivity index (χ0) is 23.5. The molecule has 2 aromatic carbocycles. The third-order valence-corrected chi connectivity index (χ3v) is 6.23. The minimum atomic E-state index is -0.256. The molecule has 1 aliphatic heterocycles. The van der Waals surface area contributed by atoms with Gasteiger partial charge in [-0.15, -0.1) is 0 Å². The summed E-state index contributed by atoms with van der Waals surface area (Å²) in [6, 6.07) is 12.2. The summed E-state index contributed by atoms with van der Waals surface area (Å²) in [5, 5.41) is 7.55. The van der Waals surface area contributed by atoms with Gasteiger partial charge >= 0.3 is 6.03 Å². The Morgan fingerprint density at radius 1 is 1.12 bits per heavy atom. The van der Waals surface area contributed by atoms with Crippen molar-refractivity contribution in [3.63, 3.8) is 0 Å². The minimum Gasteiger partial charge on any atom is -0.338 e. The zero-order valence-electron chi connectivity index (χ0n) is 18.2. The summed E-state index contributed by atoms with van der Waals surface area (Å²) >= 11 is 11.9. The van der Waals surface area contributed by atoms with E-state index in [-0.39, 0.29) is 24.4 Å². The van der Waals surface area contributed by atoms with E-state index in [4.69, 9.17) is 27.7 Å². The molecule has 1 atom stereocenters. The molecule has 2 heterocycles. The molecule has 172 valence electrons. The molecule has 0 saturated carbocycles. The number of aromatic nitrogens is 2. The summed E-state index contributed by atoms with van der Waals surface area (Å²) in [7, 11) is 0. The largest absolute Gasteiger partial charge is 0.338 e. The molecule has 0 aliphatic carbocycles. The second-order valence-electron chi connectivity index (χ2n) is 8.00. The Bertz CT molecular complexity index is 1170. The number of benzene rings is 2. The van der Waals surface area contributed by atoms with Crippen molar-refractivity contribution in [3.8, 4) is 11.5 Å². The van der Waals surface area contributed by atoms with Crippen LogP contribution in [-0.4, -0.2) is 57.6 Å². The topological polar surface area (TPSA) is 91.6 Å². The standard InChI is InChI=1S/C23H23Cl2N5O3/c1-14-3-5-16(6-4-14)22-27-20(28-33-22)12-21(31)29-9-10-30(15(2)13-29)23(32)26-17-7-8-18(24)19(25)11-17/h3-8,11,15H,9-10,12-13H2,1-2H3,(H,26,32). The first-order valence-corrected chi connectivity index (χ1v) is 11.3. The number of anilines is 1. The van der Waals surface area contributed by atoms with E-state index in [9.17, 15) is 9.59 Å². The highest BCUT2D eigenvalue weighted by Gasteiger charge is 2.30. The van der Waals surface area contributed by atoms with Crippen molar-refractivity contribution in [2.24, 2.45) is 0 Å². The maximum absolute atomic E-state index is 12.8. The molecule has 33 heavy (non-hydrogen) atoms. The first-order valence-electron chi connectivity index (χ1n) is 10.5. The molecular weight excluding hydrogens is 465 g/mol. The van der Waals surface area contributed by atoms with Crippen LogP contribution in [0.15, 0.2) is 47.0 Å². The van der Waals surface area contributed by atoms with Crippen LogP contribution in [0.2, 0.25) is 10.0 Å². The molecule has 1 aromatic heterocycles. The van der Waals surface area contributed by atoms with Crippen LogP contribution >= 0.6 is 23.2 Å². The van der Waals surface area contributed by atoms with Crippen molar-refractivity contribution in [1.29, 1.82) is 0 Å². The summed E-state index contributed by atoms with van der Waals surface area (Å²) in [6.07, 6.45) is 0.0392. The predicted octanol–water partition coefficient (Wildman–Crippen LogP) is 4.66. The van der Waals surface area contributed by atoms with Crippen LogP contribution in [0, 0.1) is 6.92 Å². The second kappa shape index (κ2) is 9.80. The van der Waals surface area contributed by atoms with Crippen molar-refractivity contribution in [3.05, 3.63) is 63.9 Å². The van der Waals surface area contributed by atoms with Crippen LogP contribution in [0.4, 0.5) is 10.5 Å². The van der Waals surface area contributed by atoms with Gasteiger partial charge in [0.25, 0.3) is 5.89 Å². The zero-order valence-corrected chi connectivity index (χ0v) is 19.7. The molecule has 1 unspecified atom stereocenters. The lowest BCUT2D eigenvalue weighted by Gasteiger charge is -2.39. The van der Waals surface area contributed by atoms with E-state index in [1.807, 2.05) is 38.1 Å². The van der Waals surface area contributed by atoms with Crippen molar-refractivity contribution < 1.29 is 14.1 Å². The molecule has 10 heteroatoms. The van der Waals surface area contributed by atoms with Crippen LogP contribution in [0.3, 0.4) is 0 Å². The normalized spacial score (nSPS) is 16.1. The van der Waals surface area contributed by atoms with Gasteiger partial charge in [0.1, 0.15) is 0 Å². The number of nitrogens with one attached hydrogen (secondary N) is 1. The maximum atomic E-state index is 12.8. The number of nitrogens with zero attached hydrogens (tertiary/aromatic N) is 4. The highest BCUT2D eigenvalue weighted by Crippen LogP contribution is 2.25. The molecule has 1 fully saturated rings. The van der Waals surface area contributed by atoms with Gasteiger partial charge in [-0.2, -0.15) is 4.98 Å². The van der Waals surface area contributed by atoms with Crippen LogP contribution in [0.5, 0.6) is 0 Å². The number of hydrogen-bond acceptors (Lipinski definition) is 5. The molecule has 8 nitrogen and oxygen atoms in total. The third-order valence-electron chi connectivity index (χ3n) is 5.49. The van der Waals surface area contributed by atoms with Gasteiger partial charge in [0.05, 0.1) is 16.5 Å². The molecule has 4 rings (SSSR count). The number of piperazine rings is 1. The van der Waals surface area contributed by atoms with Gasteiger partial charge in [0.15, 0.2) is 5.82 Å². The number of aryl methyl sites for hydroxylation is 1. The Morgan fingerprint density at radius 2 is 1.88 bits per heavy atom. The lowest BCUT2D eigenvalue weighted by molar-refractivity contribution is -0.132. The smallest absolute Gasteiger partial charge is 0.322 e. The number of urea groups is 1. The summed E-state index contributed by atoms with van der Waals surface area (Å²) in [6.45, 7) is 5.13. The average Bonchev–Trinajstić information content (AvgIpc) is 3.25. The number of amides is 3. The summed E-state index contributed by atoms with van der Waals surface area (Å²) in [5.41, 5.74) is 2.50. The quantitative estimate of drug-likeness (QED) is 0.577. The van der Waals surface area contributed by atoms with Crippen LogP contribution in [0.25, 0.3) is 11.5 Å². The Hall–Kier alpha value is -3.10. The highest BCUT2D eigenvalue weighted by atomic mass is 35.5. The van der Waals surface area contributed by atoms with E-state index in [1.165, 1.54) is 0 Å². The predicted molar refractivity (Wildman–Crippen MR) is 126 cm³/mol. The Balaban J connectivity index is 1.32. The van der Waals surface area contributed by atoms with Crippen LogP contribution < -0.4 is 5.32 Å². The van der Waals surface area contributed by atoms with Gasteiger partial charge in [-0.05, 0) is 44.2 Å². The molecule has 1 N–H and O–H groups in total. The minimum absolute atomic E-state index is 0.0392. The van der Waals surface area contributed by atoms with Crippen molar-refractivity contribution in [2.45, 2.75) is 26.3 Å². The number of carbonyl (C=O) groups is 2. The van der Waals surface area contributed by atoms with E-state index >= 15 is 0 Å². The maximum Gasteiger partial charge on any atom is 0.322 e. The second-order valence-corrected chi connectivity index (χ2v) is 8.81. The van der Waals surface area contributed by atoms with Gasteiger partial charge in [0, 0.05) is 36.9 Å². The van der Waals surface area contributed by atoms with Gasteiger partial charge < -0.3 is 19.6 Å². The molecular formula is C23H23Cl2N5O3. The fourth-order valence-electron chi connectivity index (χ4n) is 3.64. The van der Waals surface area contributed by atoms with Crippen molar-refractivity contribution >= 4 is 40.8 Å². The van der Waals surface area contributed by atoms with E-state index < -0.39 is 0 Å². The Labute approximate surface area is 201 Å². The van der Waals surface area contributed by atoms with E-state index in [0.717, 1.165) is 11.1 Å². The molecule has 0 radical (unpaired) electrons. The highest BCUT2D eigenvalue weighted by molar-refractivity contribution is 6.42. The van der Waals surface area contributed by atoms with E-state index in [2.05, 4.69) is 15.5 Å². The molecule has 0 spiro atoms. The molecule has 1 aliphatic rings. The molecule has 3 amide bonds. The van der Waals surface area contributed by atoms with Gasteiger partial charge in [-0.1, -0.05) is 46.1 Å². The van der Waals surface area contributed by atoms with Gasteiger partial charge in [0.2, 0.25) is 5.91 Å². The van der Waals surface area contributed by atoms with Gasteiger partial charge in [-0.25, -0.2) is 4.79 Å². The van der Waals surface area contributed by atoms with Gasteiger partial charge in [-0.3, -0.25) is 4.79 Å². The molecule has 0 bridgehead atoms. The fourth-order valence-corrected chi connectivity index (χ4v) is 3.94. The van der Waals surface area contributed by atoms with Crippen LogP contribution in [0.1, 0.15) is 18.3 Å². The lowest BCUT2D eigenvalue weighted by Crippen LogP contribution is -2.56. The Kier molecular flexibility index (Phi) is 6.85. The number of halogens is 2. The molecule has 3 aromatic rings. The summed E-state index contributed by atoms with van der Waals surface area (Å²) in [5.74, 6) is 0.612. The summed E-state index contributed by atoms with van der Waals surface area (Å²) < 4.78 is 5.31.